The number of hydrogen-bond donors (Lipinski definition) is 1. The Labute approximate surface area is 156 Å². The number of rotatable bonds is 6. The number of carbonyl (C=O) groups is 1. The highest BCUT2D eigenvalue weighted by Crippen LogP contribution is 2.26. The molecule has 8 heteroatoms. The number of nitrogens with zero attached hydrogens (tertiary/aromatic N) is 4. The molecule has 26 heavy (non-hydrogen) atoms. The molecule has 1 aromatic carbocycles. The zero-order valence-electron chi connectivity index (χ0n) is 14.2. The van der Waals surface area contributed by atoms with Crippen molar-refractivity contribution in [2.24, 2.45) is 0 Å². The smallest absolute Gasteiger partial charge is 0.322 e. The Morgan fingerprint density at radius 1 is 1.19 bits per heavy atom. The van der Waals surface area contributed by atoms with E-state index in [1.807, 2.05) is 19.1 Å². The van der Waals surface area contributed by atoms with Crippen molar-refractivity contribution in [3.8, 4) is 11.5 Å². The Balaban J connectivity index is 1.72. The number of carbonyl (C=O) groups excluding carboxylic acids is 1. The highest BCUT2D eigenvalue weighted by Gasteiger charge is 2.18. The quantitative estimate of drug-likeness (QED) is 0.700. The number of amides is 2. The van der Waals surface area contributed by atoms with E-state index in [0.29, 0.717) is 34.6 Å². The van der Waals surface area contributed by atoms with Gasteiger partial charge >= 0.3 is 6.03 Å². The third-order valence-electron chi connectivity index (χ3n) is 3.61. The van der Waals surface area contributed by atoms with Crippen LogP contribution in [-0.4, -0.2) is 32.7 Å². The summed E-state index contributed by atoms with van der Waals surface area (Å²) in [6.45, 7) is 2.76. The molecule has 3 aromatic rings. The molecular formula is C18H18ClN5O2. The number of urea groups is 1. The van der Waals surface area contributed by atoms with E-state index in [9.17, 15) is 4.79 Å². The molecule has 7 nitrogen and oxygen atoms in total. The fourth-order valence-electron chi connectivity index (χ4n) is 2.38. The van der Waals surface area contributed by atoms with Crippen LogP contribution >= 0.6 is 11.6 Å². The Morgan fingerprint density at radius 2 is 1.96 bits per heavy atom. The topological polar surface area (TPSA) is 84.2 Å². The van der Waals surface area contributed by atoms with Gasteiger partial charge in [0.05, 0.1) is 10.6 Å². The molecule has 0 spiro atoms. The van der Waals surface area contributed by atoms with E-state index in [1.54, 1.807) is 41.6 Å². The van der Waals surface area contributed by atoms with E-state index in [-0.39, 0.29) is 12.6 Å². The molecule has 0 bridgehead atoms. The Morgan fingerprint density at radius 3 is 2.69 bits per heavy atom. The number of hydrogen-bond acceptors (Lipinski definition) is 5. The second-order valence-corrected chi connectivity index (χ2v) is 5.98. The van der Waals surface area contributed by atoms with E-state index in [2.05, 4.69) is 20.5 Å². The number of anilines is 1. The van der Waals surface area contributed by atoms with Crippen LogP contribution in [0.4, 0.5) is 10.5 Å². The summed E-state index contributed by atoms with van der Waals surface area (Å²) in [5.41, 5.74) is 1.34. The van der Waals surface area contributed by atoms with Crippen molar-refractivity contribution in [1.29, 1.82) is 0 Å². The van der Waals surface area contributed by atoms with E-state index in [0.717, 1.165) is 6.42 Å². The van der Waals surface area contributed by atoms with E-state index in [1.165, 1.54) is 0 Å². The first kappa shape index (κ1) is 17.9. The predicted octanol–water partition coefficient (Wildman–Crippen LogP) is 4.23. The van der Waals surface area contributed by atoms with Crippen LogP contribution in [0.15, 0.2) is 53.2 Å². The molecule has 0 aliphatic heterocycles. The number of pyridine rings is 1. The molecule has 0 radical (unpaired) electrons. The molecule has 0 atom stereocenters. The molecule has 0 aliphatic carbocycles. The average Bonchev–Trinajstić information content (AvgIpc) is 3.11. The minimum Gasteiger partial charge on any atom is -0.419 e. The third-order valence-corrected chi connectivity index (χ3v) is 3.94. The standard InChI is InChI=1S/C18H18ClN5O2/c1-2-11-24(18(25)21-13-7-9-20-10-8-13)12-16-22-23-17(26-16)14-5-3-4-6-15(14)19/h3-10H,2,11-12H2,1H3,(H,20,21,25). The van der Waals surface area contributed by atoms with E-state index >= 15 is 0 Å². The van der Waals surface area contributed by atoms with Gasteiger partial charge in [-0.3, -0.25) is 4.98 Å². The third kappa shape index (κ3) is 4.37. The molecule has 0 fully saturated rings. The number of halogens is 1. The second-order valence-electron chi connectivity index (χ2n) is 5.57. The fraction of sp³-hybridized carbons (Fsp3) is 0.222. The summed E-state index contributed by atoms with van der Waals surface area (Å²) in [5.74, 6) is 0.676. The first-order valence-electron chi connectivity index (χ1n) is 8.20. The predicted molar refractivity (Wildman–Crippen MR) is 98.7 cm³/mol. The van der Waals surface area contributed by atoms with Gasteiger partial charge in [-0.15, -0.1) is 10.2 Å². The van der Waals surface area contributed by atoms with Gasteiger partial charge in [0.2, 0.25) is 11.8 Å². The molecular weight excluding hydrogens is 354 g/mol. The van der Waals surface area contributed by atoms with Gasteiger partial charge in [-0.25, -0.2) is 4.79 Å². The highest BCUT2D eigenvalue weighted by molar-refractivity contribution is 6.33. The lowest BCUT2D eigenvalue weighted by Crippen LogP contribution is -2.35. The Kier molecular flexibility index (Phi) is 5.80. The molecule has 2 heterocycles. The van der Waals surface area contributed by atoms with Crippen LogP contribution in [0, 0.1) is 0 Å². The molecule has 2 aromatic heterocycles. The molecule has 0 saturated carbocycles. The van der Waals surface area contributed by atoms with Crippen LogP contribution in [0.5, 0.6) is 0 Å². The van der Waals surface area contributed by atoms with Crippen LogP contribution in [-0.2, 0) is 6.54 Å². The van der Waals surface area contributed by atoms with Crippen LogP contribution < -0.4 is 5.32 Å². The van der Waals surface area contributed by atoms with E-state index < -0.39 is 0 Å². The first-order valence-corrected chi connectivity index (χ1v) is 8.58. The van der Waals surface area contributed by atoms with E-state index in [4.69, 9.17) is 16.0 Å². The summed E-state index contributed by atoms with van der Waals surface area (Å²) < 4.78 is 5.69. The minimum absolute atomic E-state index is 0.211. The molecule has 2 amide bonds. The molecule has 0 saturated heterocycles. The first-order chi connectivity index (χ1) is 12.7. The summed E-state index contributed by atoms with van der Waals surface area (Å²) in [4.78, 5) is 18.1. The maximum atomic E-state index is 12.5. The summed E-state index contributed by atoms with van der Waals surface area (Å²) in [6, 6.07) is 10.4. The lowest BCUT2D eigenvalue weighted by Gasteiger charge is -2.20. The zero-order chi connectivity index (χ0) is 18.4. The van der Waals surface area contributed by atoms with Crippen molar-refractivity contribution >= 4 is 23.3 Å². The summed E-state index contributed by atoms with van der Waals surface area (Å²) in [7, 11) is 0. The lowest BCUT2D eigenvalue weighted by molar-refractivity contribution is 0.203. The van der Waals surface area contributed by atoms with Crippen LogP contribution in [0.1, 0.15) is 19.2 Å². The Hall–Kier alpha value is -2.93. The van der Waals surface area contributed by atoms with Gasteiger partial charge < -0.3 is 14.6 Å². The van der Waals surface area contributed by atoms with Crippen molar-refractivity contribution < 1.29 is 9.21 Å². The summed E-state index contributed by atoms with van der Waals surface area (Å²) in [6.07, 6.45) is 4.04. The van der Waals surface area contributed by atoms with Crippen LogP contribution in [0.25, 0.3) is 11.5 Å². The van der Waals surface area contributed by atoms with Crippen molar-refractivity contribution in [2.45, 2.75) is 19.9 Å². The van der Waals surface area contributed by atoms with Gasteiger partial charge in [0.25, 0.3) is 0 Å². The summed E-state index contributed by atoms with van der Waals surface area (Å²) >= 11 is 6.16. The maximum absolute atomic E-state index is 12.5. The van der Waals surface area contributed by atoms with Gasteiger partial charge in [0.15, 0.2) is 0 Å². The minimum atomic E-state index is -0.240. The molecule has 1 N–H and O–H groups in total. The average molecular weight is 372 g/mol. The SMILES string of the molecule is CCCN(Cc1nnc(-c2ccccc2Cl)o1)C(=O)Nc1ccncc1. The number of aromatic nitrogens is 3. The van der Waals surface area contributed by atoms with Crippen molar-refractivity contribution in [3.05, 3.63) is 59.7 Å². The van der Waals surface area contributed by atoms with Crippen LogP contribution in [0.2, 0.25) is 5.02 Å². The van der Waals surface area contributed by atoms with Gasteiger partial charge in [0, 0.05) is 24.6 Å². The van der Waals surface area contributed by atoms with Crippen LogP contribution in [0.3, 0.4) is 0 Å². The largest absolute Gasteiger partial charge is 0.419 e. The van der Waals surface area contributed by atoms with Crippen molar-refractivity contribution in [3.63, 3.8) is 0 Å². The number of nitrogens with one attached hydrogen (secondary N) is 1. The number of benzene rings is 1. The van der Waals surface area contributed by atoms with Crippen molar-refractivity contribution in [1.82, 2.24) is 20.1 Å². The maximum Gasteiger partial charge on any atom is 0.322 e. The lowest BCUT2D eigenvalue weighted by atomic mass is 10.2. The van der Waals surface area contributed by atoms with Gasteiger partial charge in [-0.2, -0.15) is 0 Å². The second kappa shape index (κ2) is 8.44. The summed E-state index contributed by atoms with van der Waals surface area (Å²) in [5, 5.41) is 11.4. The van der Waals surface area contributed by atoms with Gasteiger partial charge in [-0.05, 0) is 30.7 Å². The highest BCUT2D eigenvalue weighted by atomic mass is 35.5. The molecule has 3 rings (SSSR count). The molecule has 0 unspecified atom stereocenters. The Bertz CT molecular complexity index is 869. The molecule has 134 valence electrons. The van der Waals surface area contributed by atoms with Crippen molar-refractivity contribution in [2.75, 3.05) is 11.9 Å². The fourth-order valence-corrected chi connectivity index (χ4v) is 2.60. The van der Waals surface area contributed by atoms with Gasteiger partial charge in [-0.1, -0.05) is 30.7 Å². The monoisotopic (exact) mass is 371 g/mol. The van der Waals surface area contributed by atoms with Gasteiger partial charge in [0.1, 0.15) is 6.54 Å². The molecule has 0 aliphatic rings. The normalized spacial score (nSPS) is 10.5. The zero-order valence-corrected chi connectivity index (χ0v) is 15.0.